The number of nitrogens with one attached hydrogen (secondary N) is 3. The number of anilines is 1. The summed E-state index contributed by atoms with van der Waals surface area (Å²) in [6, 6.07) is 10.3. The summed E-state index contributed by atoms with van der Waals surface area (Å²) in [5, 5.41) is 12.8. The van der Waals surface area contributed by atoms with Crippen molar-refractivity contribution in [3.05, 3.63) is 53.1 Å². The van der Waals surface area contributed by atoms with E-state index in [0.717, 1.165) is 29.8 Å². The number of hydrogen-bond acceptors (Lipinski definition) is 8. The molecule has 43 heavy (non-hydrogen) atoms. The number of hydrogen-bond donors (Lipinski definition) is 5. The molecule has 2 heterocycles. The first-order valence-corrected chi connectivity index (χ1v) is 19.0. The smallest absolute Gasteiger partial charge is 0.326 e. The highest BCUT2D eigenvalue weighted by molar-refractivity contribution is 7.97. The summed E-state index contributed by atoms with van der Waals surface area (Å²) >= 11 is 7.84. The van der Waals surface area contributed by atoms with Crippen LogP contribution in [-0.2, 0) is 24.2 Å². The molecule has 5 N–H and O–H groups in total. The molecule has 1 fully saturated rings. The van der Waals surface area contributed by atoms with Crippen molar-refractivity contribution in [1.82, 2.24) is 14.3 Å². The number of rotatable bonds is 14. The summed E-state index contributed by atoms with van der Waals surface area (Å²) in [6.07, 6.45) is 3.35. The molecule has 0 bridgehead atoms. The van der Waals surface area contributed by atoms with Gasteiger partial charge in [-0.1, -0.05) is 61.7 Å². The van der Waals surface area contributed by atoms with E-state index in [0.29, 0.717) is 23.3 Å². The number of carboxylic acid groups (broad SMARTS) is 1. The third kappa shape index (κ3) is 8.97. The zero-order valence-electron chi connectivity index (χ0n) is 23.9. The average Bonchev–Trinajstić information content (AvgIpc) is 3.46. The Balaban J connectivity index is 1.44. The molecular formula is C28H38ClN4O7PS2. The number of aliphatic carboxylic acids is 1. The number of halogens is 1. The summed E-state index contributed by atoms with van der Waals surface area (Å²) < 4.78 is 46.2. The fourth-order valence-electron chi connectivity index (χ4n) is 5.30. The van der Waals surface area contributed by atoms with Gasteiger partial charge in [0, 0.05) is 23.6 Å². The van der Waals surface area contributed by atoms with Gasteiger partial charge in [0.1, 0.15) is 17.1 Å². The van der Waals surface area contributed by atoms with Gasteiger partial charge in [-0.2, -0.15) is 0 Å². The van der Waals surface area contributed by atoms with E-state index in [2.05, 4.69) is 21.7 Å². The molecule has 2 aromatic carbocycles. The molecule has 4 rings (SSSR count). The Morgan fingerprint density at radius 3 is 2.67 bits per heavy atom. The summed E-state index contributed by atoms with van der Waals surface area (Å²) in [5.74, 6) is -1.78. The van der Waals surface area contributed by atoms with Crippen molar-refractivity contribution in [2.24, 2.45) is 0 Å². The average molecular weight is 673 g/mol. The van der Waals surface area contributed by atoms with Crippen LogP contribution >= 0.6 is 30.9 Å². The number of fused-ring (bicyclic) bond motifs is 1. The lowest BCUT2D eigenvalue weighted by Crippen LogP contribution is -2.41. The Hall–Kier alpha value is -2.12. The molecule has 3 unspecified atom stereocenters. The van der Waals surface area contributed by atoms with E-state index in [9.17, 15) is 32.6 Å². The first-order chi connectivity index (χ1) is 20.4. The van der Waals surface area contributed by atoms with Gasteiger partial charge in [-0.15, -0.1) is 0 Å². The molecule has 11 nitrogen and oxygen atoms in total. The lowest BCUT2D eigenvalue weighted by Gasteiger charge is -2.28. The van der Waals surface area contributed by atoms with E-state index in [1.54, 1.807) is 36.4 Å². The molecule has 2 aromatic rings. The first kappa shape index (κ1) is 33.8. The monoisotopic (exact) mass is 672 g/mol. The number of amides is 1. The second kappa shape index (κ2) is 14.8. The largest absolute Gasteiger partial charge is 0.480 e. The van der Waals surface area contributed by atoms with Crippen LogP contribution in [0, 0.1) is 0 Å². The van der Waals surface area contributed by atoms with Crippen molar-refractivity contribution in [2.45, 2.75) is 79.9 Å². The predicted molar refractivity (Wildman–Crippen MR) is 168 cm³/mol. The van der Waals surface area contributed by atoms with Crippen molar-refractivity contribution < 1.29 is 32.6 Å². The quantitative estimate of drug-likeness (QED) is 0.136. The summed E-state index contributed by atoms with van der Waals surface area (Å²) in [6.45, 7) is 2.35. The van der Waals surface area contributed by atoms with Crippen LogP contribution in [0.1, 0.15) is 63.5 Å². The Kier molecular flexibility index (Phi) is 11.6. The minimum absolute atomic E-state index is 0.0447. The van der Waals surface area contributed by atoms with Crippen LogP contribution in [0.2, 0.25) is 5.02 Å². The third-order valence-corrected chi connectivity index (χ3v) is 12.2. The highest BCUT2D eigenvalue weighted by atomic mass is 35.5. The Morgan fingerprint density at radius 1 is 1.23 bits per heavy atom. The van der Waals surface area contributed by atoms with Gasteiger partial charge in [0.2, 0.25) is 23.3 Å². The van der Waals surface area contributed by atoms with Crippen LogP contribution in [0.25, 0.3) is 0 Å². The van der Waals surface area contributed by atoms with Gasteiger partial charge in [0.15, 0.2) is 0 Å². The van der Waals surface area contributed by atoms with Gasteiger partial charge >= 0.3 is 5.97 Å². The van der Waals surface area contributed by atoms with E-state index < -0.39 is 47.5 Å². The summed E-state index contributed by atoms with van der Waals surface area (Å²) in [4.78, 5) is 36.4. The topological polar surface area (TPSA) is 165 Å². The molecule has 0 aromatic heterocycles. The van der Waals surface area contributed by atoms with Crippen LogP contribution < -0.4 is 14.8 Å². The standard InChI is InChI=1S/C28H38ClN4O7PS2/c1-2-3-13-26-30-22-16-20(29)25(17-24(22)42-31-26)43(39,40)32-21(19-9-5-4-6-10-19)11-8-15-41(37,38)18-27(34)33-14-7-12-23(33)28(35)36/h4-6,9-10,16-17,21,23,26,30-32H,2-3,7-8,11-15,18H2,1H3,(H,35,36)(H,37,38)/t21?,23-,26?/m0/s1. The number of unbranched alkanes of at least 4 members (excludes halogenated alkanes) is 1. The minimum Gasteiger partial charge on any atom is -0.480 e. The van der Waals surface area contributed by atoms with E-state index in [1.807, 2.05) is 0 Å². The second-order valence-corrected chi connectivity index (χ2v) is 16.3. The highest BCUT2D eigenvalue weighted by Gasteiger charge is 2.37. The number of benzene rings is 2. The predicted octanol–water partition coefficient (Wildman–Crippen LogP) is 5.02. The van der Waals surface area contributed by atoms with Gasteiger partial charge in [-0.25, -0.2) is 22.7 Å². The molecule has 236 valence electrons. The molecular weight excluding hydrogens is 635 g/mol. The molecule has 0 aliphatic carbocycles. The maximum atomic E-state index is 13.6. The van der Waals surface area contributed by atoms with Crippen molar-refractivity contribution >= 4 is 58.5 Å². The van der Waals surface area contributed by atoms with Crippen LogP contribution in [0.15, 0.2) is 52.3 Å². The van der Waals surface area contributed by atoms with E-state index in [4.69, 9.17) is 11.6 Å². The van der Waals surface area contributed by atoms with Crippen molar-refractivity contribution in [2.75, 3.05) is 24.2 Å². The van der Waals surface area contributed by atoms with Gasteiger partial charge in [0.05, 0.1) is 16.9 Å². The van der Waals surface area contributed by atoms with E-state index in [1.165, 1.54) is 18.0 Å². The van der Waals surface area contributed by atoms with Crippen molar-refractivity contribution in [3.8, 4) is 0 Å². The second-order valence-electron chi connectivity index (χ2n) is 10.9. The maximum Gasteiger partial charge on any atom is 0.326 e. The van der Waals surface area contributed by atoms with Crippen LogP contribution in [-0.4, -0.2) is 66.3 Å². The Morgan fingerprint density at radius 2 is 1.98 bits per heavy atom. The summed E-state index contributed by atoms with van der Waals surface area (Å²) in [7, 11) is -8.06. The highest BCUT2D eigenvalue weighted by Crippen LogP contribution is 2.43. The third-order valence-electron chi connectivity index (χ3n) is 7.55. The van der Waals surface area contributed by atoms with Crippen molar-refractivity contribution in [1.29, 1.82) is 0 Å². The fraction of sp³-hybridized carbons (Fsp3) is 0.500. The molecule has 1 amide bonds. The van der Waals surface area contributed by atoms with E-state index in [-0.39, 0.29) is 41.6 Å². The van der Waals surface area contributed by atoms with Gasteiger partial charge in [-0.05, 0) is 61.7 Å². The minimum atomic E-state index is -4.11. The van der Waals surface area contributed by atoms with Gasteiger partial charge in [-0.3, -0.25) is 9.36 Å². The number of nitrogens with zero attached hydrogens (tertiary/aromatic N) is 1. The number of sulfonamides is 1. The first-order valence-electron chi connectivity index (χ1n) is 14.3. The zero-order valence-corrected chi connectivity index (χ0v) is 27.2. The van der Waals surface area contributed by atoms with Crippen LogP contribution in [0.5, 0.6) is 0 Å². The number of carbonyl (C=O) groups excluding carboxylic acids is 1. The van der Waals surface area contributed by atoms with E-state index >= 15 is 0 Å². The van der Waals surface area contributed by atoms with Crippen LogP contribution in [0.3, 0.4) is 0 Å². The molecule has 0 radical (unpaired) electrons. The number of carbonyl (C=O) groups is 2. The Bertz CT molecular complexity index is 1460. The molecule has 15 heteroatoms. The lowest BCUT2D eigenvalue weighted by molar-refractivity contribution is -0.147. The van der Waals surface area contributed by atoms with Gasteiger partial charge in [0.25, 0.3) is 0 Å². The zero-order chi connectivity index (χ0) is 31.2. The molecule has 1 saturated heterocycles. The molecule has 4 atom stereocenters. The van der Waals surface area contributed by atoms with Gasteiger partial charge < -0.3 is 20.2 Å². The Labute approximate surface area is 261 Å². The summed E-state index contributed by atoms with van der Waals surface area (Å²) in [5.41, 5.74) is 1.42. The molecule has 2 aliphatic heterocycles. The van der Waals surface area contributed by atoms with Crippen molar-refractivity contribution in [3.63, 3.8) is 0 Å². The molecule has 2 aliphatic rings. The maximum absolute atomic E-state index is 13.6. The van der Waals surface area contributed by atoms with Crippen LogP contribution in [0.4, 0.5) is 5.69 Å². The SMILES string of the molecule is CCCCC1NSc2cc(S(=O)(=O)NC(CCCP(=O)(O)CC(=O)N3CCC[C@H]3C(=O)O)c3ccccc3)c(Cl)cc2N1. The molecule has 0 spiro atoms. The normalized spacial score (nSPS) is 20.6. The fourth-order valence-corrected chi connectivity index (χ4v) is 9.48. The lowest BCUT2D eigenvalue weighted by atomic mass is 10.0. The number of carboxylic acids is 1. The molecule has 0 saturated carbocycles. The number of likely N-dealkylation sites (tertiary alicyclic amines) is 1.